The molecule has 0 saturated heterocycles. The van der Waals surface area contributed by atoms with Crippen molar-refractivity contribution in [3.8, 4) is 0 Å². The Morgan fingerprint density at radius 3 is 3.00 bits per heavy atom. The second kappa shape index (κ2) is 4.70. The Kier molecular flexibility index (Phi) is 3.29. The zero-order chi connectivity index (χ0) is 11.5. The lowest BCUT2D eigenvalue weighted by atomic mass is 10.1. The van der Waals surface area contributed by atoms with Gasteiger partial charge in [-0.2, -0.15) is 0 Å². The number of ether oxygens (including phenoxy) is 1. The van der Waals surface area contributed by atoms with Gasteiger partial charge in [0.15, 0.2) is 0 Å². The van der Waals surface area contributed by atoms with E-state index in [1.165, 1.54) is 0 Å². The minimum atomic E-state index is -0.413. The van der Waals surface area contributed by atoms with E-state index in [1.54, 1.807) is 13.2 Å². The number of alkyl halides is 1. The third-order valence-corrected chi connectivity index (χ3v) is 2.93. The van der Waals surface area contributed by atoms with Crippen molar-refractivity contribution in [1.82, 2.24) is 0 Å². The van der Waals surface area contributed by atoms with Gasteiger partial charge in [0.05, 0.1) is 12.9 Å². The van der Waals surface area contributed by atoms with Crippen LogP contribution in [0.3, 0.4) is 0 Å². The van der Waals surface area contributed by atoms with E-state index in [4.69, 9.17) is 9.15 Å². The summed E-state index contributed by atoms with van der Waals surface area (Å²) in [6, 6.07) is 5.81. The Morgan fingerprint density at radius 1 is 1.50 bits per heavy atom. The van der Waals surface area contributed by atoms with Gasteiger partial charge in [-0.25, -0.2) is 4.79 Å². The van der Waals surface area contributed by atoms with Gasteiger partial charge in [-0.15, -0.1) is 0 Å². The van der Waals surface area contributed by atoms with E-state index in [0.717, 1.165) is 21.7 Å². The highest BCUT2D eigenvalue weighted by molar-refractivity contribution is 9.08. The molecule has 0 aliphatic carbocycles. The Morgan fingerprint density at radius 2 is 2.31 bits per heavy atom. The third kappa shape index (κ3) is 1.97. The van der Waals surface area contributed by atoms with Gasteiger partial charge in [0, 0.05) is 16.1 Å². The van der Waals surface area contributed by atoms with Crippen LogP contribution in [0.2, 0.25) is 0 Å². The Balaban J connectivity index is 2.45. The first kappa shape index (κ1) is 11.2. The van der Waals surface area contributed by atoms with Crippen LogP contribution in [-0.2, 0) is 10.1 Å². The van der Waals surface area contributed by atoms with E-state index in [2.05, 4.69) is 15.9 Å². The van der Waals surface area contributed by atoms with Gasteiger partial charge in [-0.3, -0.25) is 0 Å². The summed E-state index contributed by atoms with van der Waals surface area (Å²) in [5.41, 5.74) is 1.14. The van der Waals surface area contributed by atoms with E-state index in [0.29, 0.717) is 6.61 Å². The Labute approximate surface area is 102 Å². The summed E-state index contributed by atoms with van der Waals surface area (Å²) >= 11 is 3.38. The van der Waals surface area contributed by atoms with E-state index in [1.807, 2.05) is 18.2 Å². The number of hydrogen-bond donors (Lipinski definition) is 0. The van der Waals surface area contributed by atoms with Crippen LogP contribution in [0.5, 0.6) is 0 Å². The largest absolute Gasteiger partial charge is 0.460 e. The maximum Gasteiger partial charge on any atom is 0.374 e. The summed E-state index contributed by atoms with van der Waals surface area (Å²) in [5, 5.41) is 2.49. The lowest BCUT2D eigenvalue weighted by Gasteiger charge is -1.99. The maximum absolute atomic E-state index is 11.5. The molecular weight excluding hydrogens is 272 g/mol. The summed E-state index contributed by atoms with van der Waals surface area (Å²) in [6.07, 6.45) is 1.58. The molecule has 0 saturated carbocycles. The van der Waals surface area contributed by atoms with E-state index in [-0.39, 0.29) is 5.76 Å². The monoisotopic (exact) mass is 282 g/mol. The van der Waals surface area contributed by atoms with Crippen molar-refractivity contribution >= 4 is 32.7 Å². The number of furan rings is 1. The van der Waals surface area contributed by atoms with Gasteiger partial charge in [-0.1, -0.05) is 22.0 Å². The minimum absolute atomic E-state index is 0.276. The third-order valence-electron chi connectivity index (χ3n) is 2.28. The highest BCUT2D eigenvalue weighted by atomic mass is 79.9. The first-order chi connectivity index (χ1) is 7.76. The summed E-state index contributed by atoms with van der Waals surface area (Å²) in [4.78, 5) is 11.5. The van der Waals surface area contributed by atoms with Gasteiger partial charge < -0.3 is 9.15 Å². The average Bonchev–Trinajstić information content (AvgIpc) is 2.71. The smallest absolute Gasteiger partial charge is 0.374 e. The van der Waals surface area contributed by atoms with Crippen molar-refractivity contribution in [3.05, 3.63) is 35.8 Å². The topological polar surface area (TPSA) is 39.4 Å². The van der Waals surface area contributed by atoms with Crippen LogP contribution >= 0.6 is 15.9 Å². The van der Waals surface area contributed by atoms with Crippen molar-refractivity contribution < 1.29 is 13.9 Å². The summed E-state index contributed by atoms with van der Waals surface area (Å²) < 4.78 is 10.1. The molecule has 4 heteroatoms. The Hall–Kier alpha value is -1.29. The Bertz CT molecular complexity index is 516. The average molecular weight is 283 g/mol. The predicted molar refractivity (Wildman–Crippen MR) is 64.8 cm³/mol. The maximum atomic E-state index is 11.5. The minimum Gasteiger partial charge on any atom is -0.460 e. The molecule has 0 amide bonds. The first-order valence-corrected chi connectivity index (χ1v) is 6.11. The fourth-order valence-electron chi connectivity index (χ4n) is 1.54. The predicted octanol–water partition coefficient (Wildman–Crippen LogP) is 3.50. The molecule has 2 aromatic rings. The SMILES string of the molecule is CCOC(=O)c1occ2cc(CBr)ccc12. The summed E-state index contributed by atoms with van der Waals surface area (Å²) in [5.74, 6) is -0.137. The molecule has 0 aliphatic rings. The lowest BCUT2D eigenvalue weighted by molar-refractivity contribution is 0.0493. The van der Waals surface area contributed by atoms with Gasteiger partial charge in [-0.05, 0) is 24.6 Å². The van der Waals surface area contributed by atoms with E-state index in [9.17, 15) is 4.79 Å². The second-order valence-corrected chi connectivity index (χ2v) is 3.90. The molecule has 0 atom stereocenters. The molecule has 0 bridgehead atoms. The molecule has 0 aliphatic heterocycles. The molecule has 0 N–H and O–H groups in total. The number of carbonyl (C=O) groups is 1. The zero-order valence-electron chi connectivity index (χ0n) is 8.83. The zero-order valence-corrected chi connectivity index (χ0v) is 10.4. The van der Waals surface area contributed by atoms with Crippen LogP contribution in [-0.4, -0.2) is 12.6 Å². The number of hydrogen-bond acceptors (Lipinski definition) is 3. The molecule has 0 unspecified atom stereocenters. The molecule has 2 rings (SSSR count). The summed E-state index contributed by atoms with van der Waals surface area (Å²) in [6.45, 7) is 2.12. The number of esters is 1. The molecule has 3 nitrogen and oxygen atoms in total. The molecule has 84 valence electrons. The number of fused-ring (bicyclic) bond motifs is 1. The lowest BCUT2D eigenvalue weighted by Crippen LogP contribution is -2.03. The molecule has 0 spiro atoms. The van der Waals surface area contributed by atoms with Crippen molar-refractivity contribution in [2.75, 3.05) is 6.61 Å². The van der Waals surface area contributed by atoms with Crippen LogP contribution in [0, 0.1) is 0 Å². The van der Waals surface area contributed by atoms with Crippen LogP contribution < -0.4 is 0 Å². The number of halogens is 1. The van der Waals surface area contributed by atoms with Crippen molar-refractivity contribution in [2.45, 2.75) is 12.3 Å². The molecule has 1 aromatic heterocycles. The first-order valence-electron chi connectivity index (χ1n) is 4.99. The standard InChI is InChI=1S/C12H11BrO3/c1-2-15-12(14)11-10-4-3-8(6-13)5-9(10)7-16-11/h3-5,7H,2,6H2,1H3. The van der Waals surface area contributed by atoms with Gasteiger partial charge >= 0.3 is 5.97 Å². The van der Waals surface area contributed by atoms with Crippen LogP contribution in [0.15, 0.2) is 28.9 Å². The van der Waals surface area contributed by atoms with Crippen LogP contribution in [0.1, 0.15) is 23.0 Å². The van der Waals surface area contributed by atoms with Gasteiger partial charge in [0.25, 0.3) is 0 Å². The highest BCUT2D eigenvalue weighted by Crippen LogP contribution is 2.23. The highest BCUT2D eigenvalue weighted by Gasteiger charge is 2.15. The van der Waals surface area contributed by atoms with Gasteiger partial charge in [0.2, 0.25) is 5.76 Å². The fraction of sp³-hybridized carbons (Fsp3) is 0.250. The molecule has 16 heavy (non-hydrogen) atoms. The van der Waals surface area contributed by atoms with Crippen molar-refractivity contribution in [3.63, 3.8) is 0 Å². The number of rotatable bonds is 3. The van der Waals surface area contributed by atoms with E-state index < -0.39 is 5.97 Å². The molecule has 0 radical (unpaired) electrons. The fourth-order valence-corrected chi connectivity index (χ4v) is 1.89. The van der Waals surface area contributed by atoms with Gasteiger partial charge in [0.1, 0.15) is 0 Å². The number of benzene rings is 1. The summed E-state index contributed by atoms with van der Waals surface area (Å²) in [7, 11) is 0. The normalized spacial score (nSPS) is 10.6. The van der Waals surface area contributed by atoms with Crippen LogP contribution in [0.25, 0.3) is 10.8 Å². The second-order valence-electron chi connectivity index (χ2n) is 3.34. The molecule has 1 heterocycles. The quantitative estimate of drug-likeness (QED) is 0.639. The number of carbonyl (C=O) groups excluding carboxylic acids is 1. The van der Waals surface area contributed by atoms with Crippen molar-refractivity contribution in [1.29, 1.82) is 0 Å². The molecule has 1 aromatic carbocycles. The van der Waals surface area contributed by atoms with Crippen molar-refractivity contribution in [2.24, 2.45) is 0 Å². The van der Waals surface area contributed by atoms with E-state index >= 15 is 0 Å². The molecular formula is C12H11BrO3. The molecule has 0 fully saturated rings. The van der Waals surface area contributed by atoms with Crippen LogP contribution in [0.4, 0.5) is 0 Å².